The van der Waals surface area contributed by atoms with Gasteiger partial charge in [0.05, 0.1) is 6.42 Å². The molecule has 0 spiro atoms. The molecule has 0 bridgehead atoms. The van der Waals surface area contributed by atoms with Crippen LogP contribution in [0.5, 0.6) is 0 Å². The summed E-state index contributed by atoms with van der Waals surface area (Å²) >= 11 is 1.08. The minimum Gasteiger partial charge on any atom is -0.369 e. The van der Waals surface area contributed by atoms with Crippen molar-refractivity contribution >= 4 is 27.1 Å². The highest BCUT2D eigenvalue weighted by Gasteiger charge is 2.11. The quantitative estimate of drug-likeness (QED) is 0.787. The zero-order valence-corrected chi connectivity index (χ0v) is 8.61. The third-order valence-electron chi connectivity index (χ3n) is 1.35. The molecule has 1 aromatic heterocycles. The average Bonchev–Trinajstić information content (AvgIpc) is 2.32. The molecule has 1 amide bonds. The first-order valence-electron chi connectivity index (χ1n) is 3.46. The van der Waals surface area contributed by atoms with Crippen LogP contribution in [0.15, 0.2) is 16.3 Å². The van der Waals surface area contributed by atoms with Gasteiger partial charge in [0.15, 0.2) is 9.84 Å². The summed E-state index contributed by atoms with van der Waals surface area (Å²) in [7, 11) is -3.15. The second-order valence-electron chi connectivity index (χ2n) is 2.64. The van der Waals surface area contributed by atoms with Crippen molar-refractivity contribution in [3.63, 3.8) is 0 Å². The number of carbonyl (C=O) groups is 1. The molecule has 0 radical (unpaired) electrons. The number of primary amides is 1. The molecule has 0 saturated carbocycles. The van der Waals surface area contributed by atoms with Gasteiger partial charge in [-0.1, -0.05) is 0 Å². The van der Waals surface area contributed by atoms with Crippen molar-refractivity contribution in [1.29, 1.82) is 0 Å². The molecule has 0 aromatic carbocycles. The lowest BCUT2D eigenvalue weighted by Gasteiger charge is -1.90. The Morgan fingerprint density at radius 2 is 2.15 bits per heavy atom. The molecular weight excluding hydrogens is 210 g/mol. The SMILES string of the molecule is CS(=O)(=O)c1ccc(CC(N)=O)s1. The lowest BCUT2D eigenvalue weighted by molar-refractivity contribution is -0.117. The Balaban J connectivity index is 2.94. The fourth-order valence-electron chi connectivity index (χ4n) is 0.824. The minimum atomic E-state index is -3.15. The van der Waals surface area contributed by atoms with Gasteiger partial charge in [-0.2, -0.15) is 0 Å². The van der Waals surface area contributed by atoms with E-state index in [2.05, 4.69) is 0 Å². The van der Waals surface area contributed by atoms with Crippen molar-refractivity contribution in [3.8, 4) is 0 Å². The molecule has 2 N–H and O–H groups in total. The van der Waals surface area contributed by atoms with Crippen LogP contribution in [0.3, 0.4) is 0 Å². The maximum absolute atomic E-state index is 11.0. The lowest BCUT2D eigenvalue weighted by Crippen LogP contribution is -2.12. The highest BCUT2D eigenvalue weighted by Crippen LogP contribution is 2.21. The van der Waals surface area contributed by atoms with Gasteiger partial charge in [-0.25, -0.2) is 8.42 Å². The summed E-state index contributed by atoms with van der Waals surface area (Å²) in [6.07, 6.45) is 1.23. The number of hydrogen-bond acceptors (Lipinski definition) is 4. The number of sulfone groups is 1. The van der Waals surface area contributed by atoms with E-state index in [1.807, 2.05) is 0 Å². The van der Waals surface area contributed by atoms with Crippen molar-refractivity contribution in [2.75, 3.05) is 6.26 Å². The smallest absolute Gasteiger partial charge is 0.222 e. The van der Waals surface area contributed by atoms with E-state index in [0.717, 1.165) is 17.6 Å². The van der Waals surface area contributed by atoms with E-state index in [9.17, 15) is 13.2 Å². The molecule has 0 aliphatic carbocycles. The van der Waals surface area contributed by atoms with Crippen LogP contribution in [0.1, 0.15) is 4.88 Å². The third kappa shape index (κ3) is 2.82. The molecule has 0 atom stereocenters. The van der Waals surface area contributed by atoms with E-state index in [4.69, 9.17) is 5.73 Å². The summed E-state index contributed by atoms with van der Waals surface area (Å²) in [6.45, 7) is 0. The van der Waals surface area contributed by atoms with Crippen molar-refractivity contribution in [2.24, 2.45) is 5.73 Å². The highest BCUT2D eigenvalue weighted by atomic mass is 32.2. The number of nitrogens with two attached hydrogens (primary N) is 1. The second kappa shape index (κ2) is 3.47. The fourth-order valence-corrected chi connectivity index (χ4v) is 2.81. The van der Waals surface area contributed by atoms with Gasteiger partial charge in [-0.15, -0.1) is 11.3 Å². The number of amides is 1. The first-order chi connectivity index (χ1) is 5.89. The number of rotatable bonds is 3. The summed E-state index contributed by atoms with van der Waals surface area (Å²) in [4.78, 5) is 11.2. The second-order valence-corrected chi connectivity index (χ2v) is 6.05. The van der Waals surface area contributed by atoms with Crippen LogP contribution < -0.4 is 5.73 Å². The Bertz CT molecular complexity index is 419. The standard InChI is InChI=1S/C7H9NO3S2/c1-13(10,11)7-3-2-5(12-7)4-6(8)9/h2-3H,4H2,1H3,(H2,8,9). The van der Waals surface area contributed by atoms with Crippen LogP contribution in [0.4, 0.5) is 0 Å². The van der Waals surface area contributed by atoms with Crippen LogP contribution in [0.2, 0.25) is 0 Å². The van der Waals surface area contributed by atoms with Crippen molar-refractivity contribution in [2.45, 2.75) is 10.6 Å². The maximum atomic E-state index is 11.0. The number of carbonyl (C=O) groups excluding carboxylic acids is 1. The van der Waals surface area contributed by atoms with E-state index in [1.165, 1.54) is 6.07 Å². The number of thiophene rings is 1. The molecule has 6 heteroatoms. The molecule has 1 heterocycles. The van der Waals surface area contributed by atoms with Gasteiger partial charge in [0.1, 0.15) is 4.21 Å². The van der Waals surface area contributed by atoms with Crippen LogP contribution in [0.25, 0.3) is 0 Å². The van der Waals surface area contributed by atoms with E-state index in [0.29, 0.717) is 4.88 Å². The summed E-state index contributed by atoms with van der Waals surface area (Å²) < 4.78 is 22.3. The molecular formula is C7H9NO3S2. The molecule has 4 nitrogen and oxygen atoms in total. The lowest BCUT2D eigenvalue weighted by atomic mass is 10.3. The Hall–Kier alpha value is -0.880. The summed E-state index contributed by atoms with van der Waals surface area (Å²) in [5.41, 5.74) is 4.96. The predicted octanol–water partition coefficient (Wildman–Crippen LogP) is 0.179. The molecule has 0 saturated heterocycles. The van der Waals surface area contributed by atoms with Gasteiger partial charge in [0.25, 0.3) is 0 Å². The fraction of sp³-hybridized carbons (Fsp3) is 0.286. The van der Waals surface area contributed by atoms with Crippen molar-refractivity contribution < 1.29 is 13.2 Å². The molecule has 0 aliphatic heterocycles. The Labute approximate surface area is 80.3 Å². The topological polar surface area (TPSA) is 77.2 Å². The third-order valence-corrected chi connectivity index (χ3v) is 4.26. The average molecular weight is 219 g/mol. The van der Waals surface area contributed by atoms with Gasteiger partial charge in [0.2, 0.25) is 5.91 Å². The Morgan fingerprint density at radius 1 is 1.54 bits per heavy atom. The van der Waals surface area contributed by atoms with E-state index in [-0.39, 0.29) is 10.6 Å². The molecule has 0 fully saturated rings. The molecule has 0 unspecified atom stereocenters. The van der Waals surface area contributed by atoms with Crippen LogP contribution in [-0.4, -0.2) is 20.6 Å². The predicted molar refractivity (Wildman–Crippen MR) is 50.3 cm³/mol. The first kappa shape index (κ1) is 10.2. The summed E-state index contributed by atoms with van der Waals surface area (Å²) in [5.74, 6) is -0.457. The Kier molecular flexibility index (Phi) is 2.72. The van der Waals surface area contributed by atoms with Gasteiger partial charge in [-0.05, 0) is 12.1 Å². The van der Waals surface area contributed by atoms with Gasteiger partial charge in [-0.3, -0.25) is 4.79 Å². The zero-order valence-electron chi connectivity index (χ0n) is 6.98. The van der Waals surface area contributed by atoms with Gasteiger partial charge < -0.3 is 5.73 Å². The van der Waals surface area contributed by atoms with Gasteiger partial charge >= 0.3 is 0 Å². The molecule has 1 rings (SSSR count). The van der Waals surface area contributed by atoms with Crippen molar-refractivity contribution in [3.05, 3.63) is 17.0 Å². The maximum Gasteiger partial charge on any atom is 0.222 e. The largest absolute Gasteiger partial charge is 0.369 e. The summed E-state index contributed by atoms with van der Waals surface area (Å²) in [6, 6.07) is 3.09. The minimum absolute atomic E-state index is 0.0974. The molecule has 72 valence electrons. The number of hydrogen-bond donors (Lipinski definition) is 1. The van der Waals surface area contributed by atoms with Crippen LogP contribution >= 0.6 is 11.3 Å². The first-order valence-corrected chi connectivity index (χ1v) is 6.17. The zero-order chi connectivity index (χ0) is 10.1. The normalized spacial score (nSPS) is 11.5. The van der Waals surface area contributed by atoms with Gasteiger partial charge in [0, 0.05) is 11.1 Å². The molecule has 1 aromatic rings. The summed E-state index contributed by atoms with van der Waals surface area (Å²) in [5, 5.41) is 0. The Morgan fingerprint density at radius 3 is 2.54 bits per heavy atom. The van der Waals surface area contributed by atoms with E-state index in [1.54, 1.807) is 6.07 Å². The monoisotopic (exact) mass is 219 g/mol. The van der Waals surface area contributed by atoms with E-state index >= 15 is 0 Å². The molecule has 0 aliphatic rings. The molecule has 13 heavy (non-hydrogen) atoms. The van der Waals surface area contributed by atoms with Crippen LogP contribution in [0, 0.1) is 0 Å². The van der Waals surface area contributed by atoms with Crippen molar-refractivity contribution in [1.82, 2.24) is 0 Å². The van der Waals surface area contributed by atoms with E-state index < -0.39 is 15.7 Å². The highest BCUT2D eigenvalue weighted by molar-refractivity contribution is 7.92. The van der Waals surface area contributed by atoms with Crippen LogP contribution in [-0.2, 0) is 21.1 Å².